The molecule has 0 N–H and O–H groups in total. The first-order valence-corrected chi connectivity index (χ1v) is 9.49. The van der Waals surface area contributed by atoms with Crippen LogP contribution in [0.3, 0.4) is 0 Å². The maximum atomic E-state index is 5.29. The highest BCUT2D eigenvalue weighted by Gasteiger charge is 2.40. The van der Waals surface area contributed by atoms with Gasteiger partial charge in [0, 0.05) is 10.7 Å². The van der Waals surface area contributed by atoms with Gasteiger partial charge in [0.25, 0.3) is 0 Å². The average molecular weight is 438 g/mol. The summed E-state index contributed by atoms with van der Waals surface area (Å²) in [4.78, 5) is 7.31. The fourth-order valence-electron chi connectivity index (χ4n) is 3.36. The van der Waals surface area contributed by atoms with Crippen molar-refractivity contribution in [3.05, 3.63) is 51.1 Å². The van der Waals surface area contributed by atoms with Crippen molar-refractivity contribution in [1.82, 2.24) is 4.90 Å². The smallest absolute Gasteiger partial charge is 0.143 e. The summed E-state index contributed by atoms with van der Waals surface area (Å²) < 4.78 is 7.41. The van der Waals surface area contributed by atoms with Crippen LogP contribution in [-0.4, -0.2) is 23.9 Å². The van der Waals surface area contributed by atoms with E-state index in [2.05, 4.69) is 61.2 Å². The van der Waals surface area contributed by atoms with Gasteiger partial charge in [-0.3, -0.25) is 4.99 Å². The Morgan fingerprint density at radius 3 is 2.57 bits per heavy atom. The number of amidine groups is 1. The molecule has 0 aromatic heterocycles. The third-order valence-corrected chi connectivity index (χ3v) is 5.76. The molecule has 0 spiro atoms. The number of nitrogens with zero attached hydrogens (tertiary/aromatic N) is 2. The SMILES string of the molecule is COc1ccc(C2CC(C3CC3)N=C3C(Br)=CC(Br)=CN32)cc1. The maximum Gasteiger partial charge on any atom is 0.143 e. The number of hydrogen-bond acceptors (Lipinski definition) is 3. The van der Waals surface area contributed by atoms with Crippen LogP contribution in [0.25, 0.3) is 0 Å². The second kappa shape index (κ2) is 6.10. The molecule has 2 aliphatic heterocycles. The van der Waals surface area contributed by atoms with Crippen LogP contribution < -0.4 is 4.74 Å². The first-order chi connectivity index (χ1) is 11.2. The lowest BCUT2D eigenvalue weighted by atomic mass is 9.93. The molecule has 120 valence electrons. The van der Waals surface area contributed by atoms with E-state index in [1.165, 1.54) is 18.4 Å². The number of aliphatic imine (C=N–C) groups is 1. The van der Waals surface area contributed by atoms with Crippen LogP contribution in [-0.2, 0) is 0 Å². The number of ether oxygens (including phenoxy) is 1. The van der Waals surface area contributed by atoms with Gasteiger partial charge in [0.2, 0.25) is 0 Å². The molecule has 2 heterocycles. The van der Waals surface area contributed by atoms with Crippen molar-refractivity contribution in [3.63, 3.8) is 0 Å². The molecule has 1 fully saturated rings. The maximum absolute atomic E-state index is 5.29. The van der Waals surface area contributed by atoms with Gasteiger partial charge >= 0.3 is 0 Å². The molecular formula is C18H18Br2N2O. The van der Waals surface area contributed by atoms with E-state index in [1.807, 2.05) is 12.1 Å². The topological polar surface area (TPSA) is 24.8 Å². The standard InChI is InChI=1S/C18H18Br2N2O/c1-23-14-6-4-12(5-7-14)17-9-16(11-2-3-11)21-18-15(20)8-13(19)10-22(17)18/h4-8,10-11,16-17H,2-3,9H2,1H3. The highest BCUT2D eigenvalue weighted by Crippen LogP contribution is 2.45. The summed E-state index contributed by atoms with van der Waals surface area (Å²) >= 11 is 7.30. The van der Waals surface area contributed by atoms with Crippen LogP contribution in [0.2, 0.25) is 0 Å². The van der Waals surface area contributed by atoms with E-state index in [0.717, 1.165) is 32.9 Å². The molecule has 0 saturated heterocycles. The summed E-state index contributed by atoms with van der Waals surface area (Å²) in [7, 11) is 1.70. The van der Waals surface area contributed by atoms with E-state index >= 15 is 0 Å². The van der Waals surface area contributed by atoms with Gasteiger partial charge in [0.1, 0.15) is 11.6 Å². The minimum Gasteiger partial charge on any atom is -0.497 e. The Balaban J connectivity index is 1.72. The highest BCUT2D eigenvalue weighted by molar-refractivity contribution is 9.12. The summed E-state index contributed by atoms with van der Waals surface area (Å²) in [6, 6.07) is 9.17. The lowest BCUT2D eigenvalue weighted by molar-refractivity contribution is 0.317. The molecule has 1 aromatic rings. The van der Waals surface area contributed by atoms with E-state index in [4.69, 9.17) is 9.73 Å². The van der Waals surface area contributed by atoms with Crippen LogP contribution >= 0.6 is 31.9 Å². The summed E-state index contributed by atoms with van der Waals surface area (Å²) in [5, 5.41) is 0. The third-order valence-electron chi connectivity index (χ3n) is 4.74. The second-order valence-corrected chi connectivity index (χ2v) is 8.07. The monoisotopic (exact) mass is 436 g/mol. The molecule has 0 bridgehead atoms. The summed E-state index contributed by atoms with van der Waals surface area (Å²) in [5.74, 6) is 2.71. The molecule has 3 nitrogen and oxygen atoms in total. The number of fused-ring (bicyclic) bond motifs is 1. The molecule has 4 rings (SSSR count). The van der Waals surface area contributed by atoms with E-state index in [0.29, 0.717) is 12.1 Å². The lowest BCUT2D eigenvalue weighted by Gasteiger charge is -2.40. The Hall–Kier alpha value is -1.07. The summed E-state index contributed by atoms with van der Waals surface area (Å²) in [5.41, 5.74) is 1.31. The van der Waals surface area contributed by atoms with Gasteiger partial charge in [-0.2, -0.15) is 0 Å². The van der Waals surface area contributed by atoms with Crippen molar-refractivity contribution >= 4 is 37.7 Å². The Labute approximate surface area is 153 Å². The van der Waals surface area contributed by atoms with Crippen LogP contribution in [0, 0.1) is 5.92 Å². The summed E-state index contributed by atoms with van der Waals surface area (Å²) in [6.45, 7) is 0. The van der Waals surface area contributed by atoms with E-state index < -0.39 is 0 Å². The van der Waals surface area contributed by atoms with Gasteiger partial charge in [-0.15, -0.1) is 0 Å². The predicted molar refractivity (Wildman–Crippen MR) is 100 cm³/mol. The van der Waals surface area contributed by atoms with Gasteiger partial charge in [0.05, 0.1) is 23.7 Å². The fraction of sp³-hybridized carbons (Fsp3) is 0.389. The Kier molecular flexibility index (Phi) is 4.10. The molecule has 0 radical (unpaired) electrons. The largest absolute Gasteiger partial charge is 0.497 e. The number of benzene rings is 1. The van der Waals surface area contributed by atoms with Crippen molar-refractivity contribution in [2.45, 2.75) is 31.3 Å². The van der Waals surface area contributed by atoms with Crippen LogP contribution in [0.4, 0.5) is 0 Å². The molecule has 5 heteroatoms. The van der Waals surface area contributed by atoms with Gasteiger partial charge in [0.15, 0.2) is 0 Å². The van der Waals surface area contributed by atoms with Crippen LogP contribution in [0.1, 0.15) is 30.9 Å². The number of hydrogen-bond donors (Lipinski definition) is 0. The molecule has 1 aromatic carbocycles. The predicted octanol–water partition coefficient (Wildman–Crippen LogP) is 5.15. The van der Waals surface area contributed by atoms with Crippen molar-refractivity contribution in [2.75, 3.05) is 7.11 Å². The Morgan fingerprint density at radius 2 is 1.91 bits per heavy atom. The molecule has 2 unspecified atom stereocenters. The summed E-state index contributed by atoms with van der Waals surface area (Å²) in [6.07, 6.45) is 7.92. The van der Waals surface area contributed by atoms with Crippen LogP contribution in [0.15, 0.2) is 50.5 Å². The minimum absolute atomic E-state index is 0.313. The van der Waals surface area contributed by atoms with Crippen molar-refractivity contribution in [2.24, 2.45) is 10.9 Å². The lowest BCUT2D eigenvalue weighted by Crippen LogP contribution is -2.39. The van der Waals surface area contributed by atoms with E-state index in [1.54, 1.807) is 7.11 Å². The number of methoxy groups -OCH3 is 1. The fourth-order valence-corrected chi connectivity index (χ4v) is 4.67. The normalized spacial score (nSPS) is 26.9. The van der Waals surface area contributed by atoms with Gasteiger partial charge in [-0.05, 0) is 80.8 Å². The van der Waals surface area contributed by atoms with E-state index in [9.17, 15) is 0 Å². The average Bonchev–Trinajstić information content (AvgIpc) is 3.39. The second-order valence-electron chi connectivity index (χ2n) is 6.30. The zero-order valence-electron chi connectivity index (χ0n) is 12.9. The Bertz CT molecular complexity index is 704. The molecule has 23 heavy (non-hydrogen) atoms. The molecule has 3 aliphatic rings. The number of halogens is 2. The molecule has 2 atom stereocenters. The van der Waals surface area contributed by atoms with Crippen molar-refractivity contribution in [3.8, 4) is 5.75 Å². The zero-order valence-corrected chi connectivity index (χ0v) is 16.0. The quantitative estimate of drug-likeness (QED) is 0.653. The first-order valence-electron chi connectivity index (χ1n) is 7.90. The molecule has 1 saturated carbocycles. The highest BCUT2D eigenvalue weighted by atomic mass is 79.9. The third kappa shape index (κ3) is 3.01. The Morgan fingerprint density at radius 1 is 1.17 bits per heavy atom. The zero-order chi connectivity index (χ0) is 16.0. The van der Waals surface area contributed by atoms with Gasteiger partial charge in [-0.25, -0.2) is 0 Å². The minimum atomic E-state index is 0.313. The molecule has 1 aliphatic carbocycles. The molecule has 0 amide bonds. The number of allylic oxidation sites excluding steroid dienone is 2. The number of rotatable bonds is 3. The van der Waals surface area contributed by atoms with Gasteiger partial charge < -0.3 is 9.64 Å². The molecular weight excluding hydrogens is 420 g/mol. The van der Waals surface area contributed by atoms with Crippen molar-refractivity contribution < 1.29 is 4.74 Å². The van der Waals surface area contributed by atoms with E-state index in [-0.39, 0.29) is 0 Å². The van der Waals surface area contributed by atoms with Crippen LogP contribution in [0.5, 0.6) is 5.75 Å². The first kappa shape index (κ1) is 15.5. The van der Waals surface area contributed by atoms with Gasteiger partial charge in [-0.1, -0.05) is 12.1 Å². The van der Waals surface area contributed by atoms with Crippen molar-refractivity contribution in [1.29, 1.82) is 0 Å².